The molecule has 8 nitrogen and oxygen atoms in total. The Kier molecular flexibility index (Phi) is 1.94. The first kappa shape index (κ1) is 8.35. The summed E-state index contributed by atoms with van der Waals surface area (Å²) in [6.45, 7) is 0. The Labute approximate surface area is 76.9 Å². The smallest absolute Gasteiger partial charge is 0.396 e. The van der Waals surface area contributed by atoms with Gasteiger partial charge in [-0.1, -0.05) is 5.16 Å². The van der Waals surface area contributed by atoms with E-state index in [1.807, 2.05) is 0 Å². The standard InChI is InChI=1S/C6H4N4O4/c1-12-6(11)5-10-9-4(13-5)3-7-2-8-14-3/h2H,1H3. The predicted octanol–water partition coefficient (Wildman–Crippen LogP) is -0.0938. The Morgan fingerprint density at radius 2 is 2.29 bits per heavy atom. The summed E-state index contributed by atoms with van der Waals surface area (Å²) in [6.07, 6.45) is 1.18. The van der Waals surface area contributed by atoms with E-state index in [4.69, 9.17) is 4.42 Å². The highest BCUT2D eigenvalue weighted by Gasteiger charge is 2.18. The zero-order valence-corrected chi connectivity index (χ0v) is 7.00. The summed E-state index contributed by atoms with van der Waals surface area (Å²) >= 11 is 0. The van der Waals surface area contributed by atoms with Crippen LogP contribution in [0.15, 0.2) is 15.3 Å². The molecule has 0 fully saturated rings. The van der Waals surface area contributed by atoms with E-state index in [2.05, 4.69) is 29.6 Å². The first-order valence-electron chi connectivity index (χ1n) is 3.50. The van der Waals surface area contributed by atoms with E-state index in [0.29, 0.717) is 0 Å². The van der Waals surface area contributed by atoms with Crippen LogP contribution in [0.2, 0.25) is 0 Å². The van der Waals surface area contributed by atoms with Gasteiger partial charge in [0, 0.05) is 0 Å². The quantitative estimate of drug-likeness (QED) is 0.613. The minimum Gasteiger partial charge on any atom is -0.462 e. The van der Waals surface area contributed by atoms with Gasteiger partial charge in [0.15, 0.2) is 6.33 Å². The molecule has 14 heavy (non-hydrogen) atoms. The van der Waals surface area contributed by atoms with Gasteiger partial charge in [0.1, 0.15) is 0 Å². The number of hydrogen-bond donors (Lipinski definition) is 0. The Morgan fingerprint density at radius 1 is 1.43 bits per heavy atom. The van der Waals surface area contributed by atoms with Gasteiger partial charge >= 0.3 is 23.6 Å². The number of methoxy groups -OCH3 is 1. The summed E-state index contributed by atoms with van der Waals surface area (Å²) < 4.78 is 13.9. The van der Waals surface area contributed by atoms with E-state index >= 15 is 0 Å². The fraction of sp³-hybridized carbons (Fsp3) is 0.167. The lowest BCUT2D eigenvalue weighted by molar-refractivity contribution is 0.0556. The average molecular weight is 196 g/mol. The van der Waals surface area contributed by atoms with Gasteiger partial charge in [-0.05, 0) is 0 Å². The van der Waals surface area contributed by atoms with E-state index in [0.717, 1.165) is 0 Å². The van der Waals surface area contributed by atoms with Crippen molar-refractivity contribution in [2.45, 2.75) is 0 Å². The van der Waals surface area contributed by atoms with Gasteiger partial charge in [-0.2, -0.15) is 4.98 Å². The van der Waals surface area contributed by atoms with E-state index in [-0.39, 0.29) is 17.7 Å². The zero-order valence-electron chi connectivity index (χ0n) is 7.00. The maximum atomic E-state index is 10.9. The van der Waals surface area contributed by atoms with Gasteiger partial charge in [0.05, 0.1) is 7.11 Å². The number of carbonyl (C=O) groups is 1. The number of rotatable bonds is 2. The second-order valence-corrected chi connectivity index (χ2v) is 2.15. The van der Waals surface area contributed by atoms with Crippen LogP contribution in [0, 0.1) is 0 Å². The Hall–Kier alpha value is -2.25. The summed E-state index contributed by atoms with van der Waals surface area (Å²) in [6, 6.07) is 0. The maximum absolute atomic E-state index is 10.9. The topological polar surface area (TPSA) is 104 Å². The number of ether oxygens (including phenoxy) is 1. The van der Waals surface area contributed by atoms with Crippen LogP contribution in [0.4, 0.5) is 0 Å². The van der Waals surface area contributed by atoms with Crippen molar-refractivity contribution in [1.29, 1.82) is 0 Å². The van der Waals surface area contributed by atoms with Crippen LogP contribution in [0.5, 0.6) is 0 Å². The van der Waals surface area contributed by atoms with Crippen LogP contribution in [-0.2, 0) is 4.74 Å². The van der Waals surface area contributed by atoms with Crippen LogP contribution in [0.3, 0.4) is 0 Å². The monoisotopic (exact) mass is 196 g/mol. The van der Waals surface area contributed by atoms with Crippen LogP contribution < -0.4 is 0 Å². The molecule has 2 aromatic heterocycles. The van der Waals surface area contributed by atoms with Gasteiger partial charge < -0.3 is 13.7 Å². The number of hydrogen-bond acceptors (Lipinski definition) is 8. The Balaban J connectivity index is 2.31. The third-order valence-electron chi connectivity index (χ3n) is 1.33. The lowest BCUT2D eigenvalue weighted by Crippen LogP contribution is -2.00. The minimum absolute atomic E-state index is 0.0251. The van der Waals surface area contributed by atoms with Crippen molar-refractivity contribution < 1.29 is 18.5 Å². The van der Waals surface area contributed by atoms with Crippen LogP contribution in [-0.4, -0.2) is 33.4 Å². The summed E-state index contributed by atoms with van der Waals surface area (Å²) in [5.41, 5.74) is 0. The third kappa shape index (κ3) is 1.32. The Bertz CT molecular complexity index is 434. The van der Waals surface area contributed by atoms with Crippen LogP contribution in [0.1, 0.15) is 10.7 Å². The maximum Gasteiger partial charge on any atom is 0.396 e. The van der Waals surface area contributed by atoms with Crippen molar-refractivity contribution in [1.82, 2.24) is 20.3 Å². The molecule has 0 bridgehead atoms. The molecule has 0 saturated heterocycles. The molecule has 0 unspecified atom stereocenters. The molecule has 72 valence electrons. The first-order valence-corrected chi connectivity index (χ1v) is 3.50. The minimum atomic E-state index is -0.719. The molecule has 0 N–H and O–H groups in total. The second-order valence-electron chi connectivity index (χ2n) is 2.15. The van der Waals surface area contributed by atoms with E-state index in [9.17, 15) is 4.79 Å². The number of nitrogens with zero attached hydrogens (tertiary/aromatic N) is 4. The third-order valence-corrected chi connectivity index (χ3v) is 1.33. The summed E-state index contributed by atoms with van der Waals surface area (Å²) in [7, 11) is 1.21. The fourth-order valence-electron chi connectivity index (χ4n) is 0.747. The number of aromatic nitrogens is 4. The molecule has 2 aromatic rings. The van der Waals surface area contributed by atoms with Gasteiger partial charge in [0.2, 0.25) is 0 Å². The van der Waals surface area contributed by atoms with Crippen molar-refractivity contribution in [3.05, 3.63) is 12.2 Å². The highest BCUT2D eigenvalue weighted by molar-refractivity contribution is 5.84. The molecular weight excluding hydrogens is 192 g/mol. The molecule has 2 heterocycles. The van der Waals surface area contributed by atoms with Gasteiger partial charge in [-0.15, -0.1) is 10.2 Å². The summed E-state index contributed by atoms with van der Waals surface area (Å²) in [4.78, 5) is 14.6. The summed E-state index contributed by atoms with van der Waals surface area (Å²) in [5, 5.41) is 10.3. The van der Waals surface area contributed by atoms with E-state index in [1.54, 1.807) is 0 Å². The molecule has 0 aliphatic heterocycles. The molecule has 0 spiro atoms. The lowest BCUT2D eigenvalue weighted by Gasteiger charge is -1.88. The molecule has 0 atom stereocenters. The first-order chi connectivity index (χ1) is 6.81. The molecule has 0 saturated carbocycles. The van der Waals surface area contributed by atoms with Crippen molar-refractivity contribution in [2.24, 2.45) is 0 Å². The van der Waals surface area contributed by atoms with Gasteiger partial charge in [0.25, 0.3) is 0 Å². The number of carbonyl (C=O) groups excluding carboxylic acids is 1. The zero-order chi connectivity index (χ0) is 9.97. The van der Waals surface area contributed by atoms with E-state index < -0.39 is 5.97 Å². The predicted molar refractivity (Wildman–Crippen MR) is 38.9 cm³/mol. The molecule has 0 aliphatic carbocycles. The molecular formula is C6H4N4O4. The van der Waals surface area contributed by atoms with Crippen molar-refractivity contribution in [2.75, 3.05) is 7.11 Å². The molecule has 0 aliphatic rings. The molecule has 0 aromatic carbocycles. The second kappa shape index (κ2) is 3.24. The van der Waals surface area contributed by atoms with E-state index in [1.165, 1.54) is 13.4 Å². The van der Waals surface area contributed by atoms with Gasteiger partial charge in [-0.25, -0.2) is 4.79 Å². The van der Waals surface area contributed by atoms with Crippen LogP contribution >= 0.6 is 0 Å². The average Bonchev–Trinajstić information content (AvgIpc) is 2.86. The fourth-order valence-corrected chi connectivity index (χ4v) is 0.747. The van der Waals surface area contributed by atoms with Crippen LogP contribution in [0.25, 0.3) is 11.8 Å². The summed E-state index contributed by atoms with van der Waals surface area (Å²) in [5.74, 6) is -0.959. The highest BCUT2D eigenvalue weighted by atomic mass is 16.5. The molecule has 0 amide bonds. The Morgan fingerprint density at radius 3 is 2.93 bits per heavy atom. The molecule has 8 heteroatoms. The lowest BCUT2D eigenvalue weighted by atomic mass is 10.6. The van der Waals surface area contributed by atoms with Crippen molar-refractivity contribution in [3.63, 3.8) is 0 Å². The highest BCUT2D eigenvalue weighted by Crippen LogP contribution is 2.13. The van der Waals surface area contributed by atoms with Crippen molar-refractivity contribution in [3.8, 4) is 11.8 Å². The number of esters is 1. The van der Waals surface area contributed by atoms with Gasteiger partial charge in [-0.3, -0.25) is 0 Å². The normalized spacial score (nSPS) is 10.1. The largest absolute Gasteiger partial charge is 0.462 e. The van der Waals surface area contributed by atoms with Crippen molar-refractivity contribution >= 4 is 5.97 Å². The molecule has 0 radical (unpaired) electrons. The molecule has 2 rings (SSSR count). The SMILES string of the molecule is COC(=O)c1nnc(-c2ncno2)o1.